The molecule has 3 heterocycles. The summed E-state index contributed by atoms with van der Waals surface area (Å²) in [6, 6.07) is 9.50. The highest BCUT2D eigenvalue weighted by atomic mass is 32.2. The van der Waals surface area contributed by atoms with E-state index in [1.807, 2.05) is 23.7 Å². The summed E-state index contributed by atoms with van der Waals surface area (Å²) in [5, 5.41) is 6.47. The van der Waals surface area contributed by atoms with Crippen LogP contribution in [0.1, 0.15) is 34.3 Å². The van der Waals surface area contributed by atoms with Crippen LogP contribution in [-0.4, -0.2) is 65.4 Å². The molecule has 200 valence electrons. The Morgan fingerprint density at radius 3 is 2.57 bits per heavy atom. The molecule has 0 amide bonds. The predicted octanol–water partition coefficient (Wildman–Crippen LogP) is 4.61. The Kier molecular flexibility index (Phi) is 8.47. The average molecular weight is 563 g/mol. The molecule has 3 aromatic rings. The highest BCUT2D eigenvalue weighted by Gasteiger charge is 2.36. The molecule has 37 heavy (non-hydrogen) atoms. The van der Waals surface area contributed by atoms with Gasteiger partial charge >= 0.3 is 0 Å². The second-order valence-electron chi connectivity index (χ2n) is 9.55. The molecule has 0 spiro atoms. The normalized spacial score (nSPS) is 17.2. The van der Waals surface area contributed by atoms with Gasteiger partial charge in [-0.25, -0.2) is 13.4 Å². The van der Waals surface area contributed by atoms with Crippen LogP contribution < -0.4 is 9.62 Å². The number of nitrogens with zero attached hydrogens (tertiary/aromatic N) is 3. The fourth-order valence-corrected chi connectivity index (χ4v) is 8.26. The number of rotatable bonds is 14. The van der Waals surface area contributed by atoms with Crippen LogP contribution in [0, 0.1) is 5.92 Å². The second-order valence-corrected chi connectivity index (χ2v) is 13.7. The number of ether oxygens (including phenoxy) is 2. The third kappa shape index (κ3) is 6.18. The van der Waals surface area contributed by atoms with E-state index in [1.54, 1.807) is 42.0 Å². The predicted molar refractivity (Wildman–Crippen MR) is 149 cm³/mol. The Bertz CT molecular complexity index is 1270. The van der Waals surface area contributed by atoms with Gasteiger partial charge in [0.25, 0.3) is 10.0 Å². The molecule has 1 N–H and O–H groups in total. The Morgan fingerprint density at radius 1 is 1.11 bits per heavy atom. The van der Waals surface area contributed by atoms with Crippen LogP contribution in [0.2, 0.25) is 0 Å². The molecular formula is C26H34N4O4S3. The molecule has 5 rings (SSSR count). The molecule has 8 nitrogen and oxygen atoms in total. The molecule has 1 saturated carbocycles. The first-order valence-corrected chi connectivity index (χ1v) is 15.7. The van der Waals surface area contributed by atoms with Crippen molar-refractivity contribution >= 4 is 44.1 Å². The van der Waals surface area contributed by atoms with Crippen LogP contribution in [0.15, 0.2) is 46.1 Å². The van der Waals surface area contributed by atoms with E-state index in [4.69, 9.17) is 14.5 Å². The maximum atomic E-state index is 13.6. The molecule has 1 aromatic carbocycles. The number of methoxy groups -OCH3 is 2. The minimum Gasteiger partial charge on any atom is -0.383 e. The van der Waals surface area contributed by atoms with Crippen LogP contribution >= 0.6 is 22.7 Å². The summed E-state index contributed by atoms with van der Waals surface area (Å²) < 4.78 is 39.8. The monoisotopic (exact) mass is 562 g/mol. The summed E-state index contributed by atoms with van der Waals surface area (Å²) in [5.41, 5.74) is 2.78. The Morgan fingerprint density at radius 2 is 1.89 bits per heavy atom. The van der Waals surface area contributed by atoms with Crippen molar-refractivity contribution in [1.29, 1.82) is 0 Å². The smallest absolute Gasteiger partial charge is 0.273 e. The summed E-state index contributed by atoms with van der Waals surface area (Å²) >= 11 is 2.98. The fraction of sp³-hybridized carbons (Fsp3) is 0.500. The number of fused-ring (bicyclic) bond motifs is 1. The number of benzene rings is 1. The largest absolute Gasteiger partial charge is 0.383 e. The average Bonchev–Trinajstić information content (AvgIpc) is 3.29. The Hall–Kier alpha value is -2.02. The second kappa shape index (κ2) is 11.8. The van der Waals surface area contributed by atoms with Crippen LogP contribution in [0.3, 0.4) is 0 Å². The topological polar surface area (TPSA) is 84.0 Å². The van der Waals surface area contributed by atoms with E-state index in [1.165, 1.54) is 16.2 Å². The van der Waals surface area contributed by atoms with E-state index in [-0.39, 0.29) is 6.04 Å². The summed E-state index contributed by atoms with van der Waals surface area (Å²) in [6.45, 7) is 4.32. The van der Waals surface area contributed by atoms with E-state index in [2.05, 4.69) is 16.3 Å². The van der Waals surface area contributed by atoms with E-state index in [0.29, 0.717) is 29.9 Å². The van der Waals surface area contributed by atoms with E-state index in [9.17, 15) is 8.42 Å². The van der Waals surface area contributed by atoms with Crippen LogP contribution in [0.4, 0.5) is 11.4 Å². The van der Waals surface area contributed by atoms with Crippen LogP contribution in [-0.2, 0) is 32.5 Å². The number of anilines is 2. The minimum absolute atomic E-state index is 0.0218. The number of thiophene rings is 1. The molecule has 11 heteroatoms. The molecule has 0 radical (unpaired) electrons. The lowest BCUT2D eigenvalue weighted by atomic mass is 10.1. The van der Waals surface area contributed by atoms with Crippen molar-refractivity contribution in [3.63, 3.8) is 0 Å². The van der Waals surface area contributed by atoms with Crippen molar-refractivity contribution < 1.29 is 17.9 Å². The Balaban J connectivity index is 1.35. The summed E-state index contributed by atoms with van der Waals surface area (Å²) in [5.74, 6) is 0.420. The summed E-state index contributed by atoms with van der Waals surface area (Å²) in [6.07, 6.45) is 4.90. The molecule has 2 aliphatic rings. The molecule has 2 aromatic heterocycles. The number of aromatic nitrogens is 1. The summed E-state index contributed by atoms with van der Waals surface area (Å²) in [7, 11) is -0.188. The number of nitrogens with one attached hydrogen (secondary N) is 1. The minimum atomic E-state index is -3.62. The zero-order chi connectivity index (χ0) is 25.8. The van der Waals surface area contributed by atoms with Gasteiger partial charge in [-0.15, -0.1) is 22.7 Å². The lowest BCUT2D eigenvalue weighted by Gasteiger charge is -2.26. The SMILES string of the molecule is COCCN(CCOC)Cc1cnc(C2Cc3cccc(N(CC4CC4)S(=O)(=O)c4cccs4)c3N2)s1. The van der Waals surface area contributed by atoms with Gasteiger partial charge in [-0.05, 0) is 41.8 Å². The zero-order valence-corrected chi connectivity index (χ0v) is 23.7. The molecule has 1 aliphatic heterocycles. The highest BCUT2D eigenvalue weighted by Crippen LogP contribution is 2.44. The number of para-hydroxylation sites is 1. The van der Waals surface area contributed by atoms with Crippen molar-refractivity contribution in [1.82, 2.24) is 9.88 Å². The fourth-order valence-electron chi connectivity index (χ4n) is 4.59. The zero-order valence-electron chi connectivity index (χ0n) is 21.3. The molecule has 1 fully saturated rings. The van der Waals surface area contributed by atoms with Crippen molar-refractivity contribution in [3.05, 3.63) is 57.4 Å². The van der Waals surface area contributed by atoms with Gasteiger partial charge in [0.05, 0.1) is 30.6 Å². The van der Waals surface area contributed by atoms with E-state index < -0.39 is 10.0 Å². The van der Waals surface area contributed by atoms with E-state index in [0.717, 1.165) is 60.8 Å². The van der Waals surface area contributed by atoms with Crippen LogP contribution in [0.5, 0.6) is 0 Å². The summed E-state index contributed by atoms with van der Waals surface area (Å²) in [4.78, 5) is 8.25. The van der Waals surface area contributed by atoms with Gasteiger partial charge in [-0.1, -0.05) is 18.2 Å². The van der Waals surface area contributed by atoms with Gasteiger partial charge in [0.2, 0.25) is 0 Å². The van der Waals surface area contributed by atoms with Crippen LogP contribution in [0.25, 0.3) is 0 Å². The first-order valence-electron chi connectivity index (χ1n) is 12.6. The number of thiazole rings is 1. The third-order valence-corrected chi connectivity index (χ3v) is 11.0. The maximum absolute atomic E-state index is 13.6. The van der Waals surface area contributed by atoms with Gasteiger partial charge < -0.3 is 14.8 Å². The van der Waals surface area contributed by atoms with Crippen molar-refractivity contribution in [2.45, 2.75) is 36.1 Å². The lowest BCUT2D eigenvalue weighted by molar-refractivity contribution is 0.111. The number of hydrogen-bond donors (Lipinski definition) is 1. The molecule has 0 bridgehead atoms. The van der Waals surface area contributed by atoms with Gasteiger partial charge in [0.15, 0.2) is 0 Å². The third-order valence-electron chi connectivity index (χ3n) is 6.77. The van der Waals surface area contributed by atoms with Gasteiger partial charge in [0, 0.05) is 57.9 Å². The van der Waals surface area contributed by atoms with E-state index >= 15 is 0 Å². The lowest BCUT2D eigenvalue weighted by Crippen LogP contribution is -2.33. The van der Waals surface area contributed by atoms with Crippen molar-refractivity contribution in [2.75, 3.05) is 56.7 Å². The van der Waals surface area contributed by atoms with Crippen molar-refractivity contribution in [3.8, 4) is 0 Å². The maximum Gasteiger partial charge on any atom is 0.273 e. The number of hydrogen-bond acceptors (Lipinski definition) is 9. The molecule has 1 aliphatic carbocycles. The first-order chi connectivity index (χ1) is 18.0. The Labute approximate surface area is 227 Å². The van der Waals surface area contributed by atoms with Crippen molar-refractivity contribution in [2.24, 2.45) is 5.92 Å². The van der Waals surface area contributed by atoms with Gasteiger partial charge in [-0.3, -0.25) is 9.21 Å². The quantitative estimate of drug-likeness (QED) is 0.307. The molecular weight excluding hydrogens is 529 g/mol. The standard InChI is InChI=1S/C26H34N4O4S3/c1-33-12-10-29(11-13-34-2)18-21-16-27-26(36-21)22-15-20-5-3-6-23(25(20)28-22)30(17-19-8-9-19)37(31,32)24-7-4-14-35-24/h3-7,14,16,19,22,28H,8-13,15,17-18H2,1-2H3. The molecule has 1 atom stereocenters. The van der Waals surface area contributed by atoms with Gasteiger partial charge in [-0.2, -0.15) is 0 Å². The molecule has 1 unspecified atom stereocenters. The highest BCUT2D eigenvalue weighted by molar-refractivity contribution is 7.94. The first kappa shape index (κ1) is 26.6. The number of sulfonamides is 1. The van der Waals surface area contributed by atoms with Gasteiger partial charge in [0.1, 0.15) is 9.22 Å². The molecule has 0 saturated heterocycles.